The fourth-order valence-electron chi connectivity index (χ4n) is 4.47. The van der Waals surface area contributed by atoms with Gasteiger partial charge in [-0.1, -0.05) is 50.6 Å². The Labute approximate surface area is 253 Å². The molecule has 1 N–H and O–H groups in total. The molecule has 0 saturated heterocycles. The molecule has 0 fully saturated rings. The molecule has 3 aromatic rings. The molecule has 0 aliphatic rings. The summed E-state index contributed by atoms with van der Waals surface area (Å²) < 4.78 is 53.5. The van der Waals surface area contributed by atoms with Gasteiger partial charge in [-0.05, 0) is 61.2 Å². The first-order valence-corrected chi connectivity index (χ1v) is 15.5. The van der Waals surface area contributed by atoms with Gasteiger partial charge in [0.2, 0.25) is 11.8 Å². The fraction of sp³-hybridized carbons (Fsp3) is 0.375. The highest BCUT2D eigenvalue weighted by Gasteiger charge is 2.34. The lowest BCUT2D eigenvalue weighted by molar-refractivity contribution is -0.140. The molecule has 1 atom stereocenters. The largest absolute Gasteiger partial charge is 0.493 e. The van der Waals surface area contributed by atoms with Crippen molar-refractivity contribution < 1.29 is 31.9 Å². The summed E-state index contributed by atoms with van der Waals surface area (Å²) >= 11 is 0. The zero-order valence-corrected chi connectivity index (χ0v) is 26.3. The first-order chi connectivity index (χ1) is 20.4. The highest BCUT2D eigenvalue weighted by atomic mass is 32.2. The van der Waals surface area contributed by atoms with Gasteiger partial charge in [0.15, 0.2) is 11.5 Å². The standard InChI is InChI=1S/C32H40FN3O6S/c1-7-28(32(38)34-19-22(2)3)35(20-24-10-12-25(33)13-11-24)31(37)21-36(26-14-17-29(41-5)30(18-26)42-6)43(39,40)27-15-8-23(4)9-16-27/h8-18,22,28H,7,19-21H2,1-6H3,(H,34,38)/t28-/m0/s1. The molecule has 0 radical (unpaired) electrons. The molecule has 232 valence electrons. The van der Waals surface area contributed by atoms with Gasteiger partial charge in [-0.15, -0.1) is 0 Å². The predicted octanol–water partition coefficient (Wildman–Crippen LogP) is 4.93. The summed E-state index contributed by atoms with van der Waals surface area (Å²) in [6.07, 6.45) is 0.276. The third-order valence-electron chi connectivity index (χ3n) is 6.88. The first kappa shape index (κ1) is 33.4. The molecule has 0 bridgehead atoms. The number of halogens is 1. The van der Waals surface area contributed by atoms with Crippen molar-refractivity contribution in [3.05, 3.63) is 83.7 Å². The van der Waals surface area contributed by atoms with Crippen LogP contribution in [0.4, 0.5) is 10.1 Å². The number of nitrogens with zero attached hydrogens (tertiary/aromatic N) is 2. The van der Waals surface area contributed by atoms with Crippen molar-refractivity contribution in [3.63, 3.8) is 0 Å². The van der Waals surface area contributed by atoms with Crippen LogP contribution < -0.4 is 19.1 Å². The van der Waals surface area contributed by atoms with Gasteiger partial charge < -0.3 is 19.7 Å². The number of carbonyl (C=O) groups excluding carboxylic acids is 2. The Balaban J connectivity index is 2.10. The summed E-state index contributed by atoms with van der Waals surface area (Å²) in [6.45, 7) is 7.30. The average molecular weight is 614 g/mol. The summed E-state index contributed by atoms with van der Waals surface area (Å²) in [6, 6.07) is 15.6. The second-order valence-electron chi connectivity index (χ2n) is 10.6. The van der Waals surface area contributed by atoms with Crippen LogP contribution in [-0.2, 0) is 26.2 Å². The summed E-state index contributed by atoms with van der Waals surface area (Å²) in [5, 5.41) is 2.88. The molecule has 0 unspecified atom stereocenters. The van der Waals surface area contributed by atoms with Crippen molar-refractivity contribution in [2.45, 2.75) is 51.6 Å². The van der Waals surface area contributed by atoms with Crippen molar-refractivity contribution in [1.29, 1.82) is 0 Å². The number of hydrogen-bond acceptors (Lipinski definition) is 6. The van der Waals surface area contributed by atoms with Crippen LogP contribution in [0.3, 0.4) is 0 Å². The van der Waals surface area contributed by atoms with E-state index in [0.717, 1.165) is 9.87 Å². The van der Waals surface area contributed by atoms with E-state index in [1.807, 2.05) is 20.8 Å². The van der Waals surface area contributed by atoms with E-state index in [2.05, 4.69) is 5.32 Å². The summed E-state index contributed by atoms with van der Waals surface area (Å²) in [4.78, 5) is 28.8. The maximum absolute atomic E-state index is 14.2. The molecule has 43 heavy (non-hydrogen) atoms. The Morgan fingerprint density at radius 2 is 1.56 bits per heavy atom. The number of methoxy groups -OCH3 is 2. The Bertz CT molecular complexity index is 1490. The number of benzene rings is 3. The molecule has 2 amide bonds. The highest BCUT2D eigenvalue weighted by molar-refractivity contribution is 7.92. The van der Waals surface area contributed by atoms with E-state index in [0.29, 0.717) is 17.9 Å². The fourth-order valence-corrected chi connectivity index (χ4v) is 5.88. The first-order valence-electron chi connectivity index (χ1n) is 14.0. The number of anilines is 1. The zero-order valence-electron chi connectivity index (χ0n) is 25.5. The van der Waals surface area contributed by atoms with E-state index in [9.17, 15) is 22.4 Å². The number of sulfonamides is 1. The van der Waals surface area contributed by atoms with Gasteiger partial charge in [0.1, 0.15) is 18.4 Å². The van der Waals surface area contributed by atoms with Gasteiger partial charge in [-0.3, -0.25) is 13.9 Å². The van der Waals surface area contributed by atoms with Gasteiger partial charge in [-0.25, -0.2) is 12.8 Å². The number of hydrogen-bond donors (Lipinski definition) is 1. The molecule has 0 saturated carbocycles. The second kappa shape index (κ2) is 14.9. The third-order valence-corrected chi connectivity index (χ3v) is 8.67. The number of ether oxygens (including phenoxy) is 2. The predicted molar refractivity (Wildman–Crippen MR) is 164 cm³/mol. The van der Waals surface area contributed by atoms with Crippen LogP contribution in [0, 0.1) is 18.7 Å². The van der Waals surface area contributed by atoms with Crippen molar-refractivity contribution in [1.82, 2.24) is 10.2 Å². The lowest BCUT2D eigenvalue weighted by atomic mass is 10.1. The molecule has 0 aromatic heterocycles. The monoisotopic (exact) mass is 613 g/mol. The molecule has 9 nitrogen and oxygen atoms in total. The topological polar surface area (TPSA) is 105 Å². The Hall–Kier alpha value is -4.12. The number of amides is 2. The smallest absolute Gasteiger partial charge is 0.264 e. The van der Waals surface area contributed by atoms with Gasteiger partial charge in [0.05, 0.1) is 24.8 Å². The average Bonchev–Trinajstić information content (AvgIpc) is 2.99. The van der Waals surface area contributed by atoms with Crippen molar-refractivity contribution >= 4 is 27.5 Å². The van der Waals surface area contributed by atoms with Crippen LogP contribution in [0.25, 0.3) is 0 Å². The quantitative estimate of drug-likeness (QED) is 0.277. The number of carbonyl (C=O) groups is 2. The van der Waals surface area contributed by atoms with Crippen LogP contribution >= 0.6 is 0 Å². The van der Waals surface area contributed by atoms with E-state index in [1.54, 1.807) is 25.1 Å². The van der Waals surface area contributed by atoms with Crippen molar-refractivity contribution in [2.24, 2.45) is 5.92 Å². The SMILES string of the molecule is CC[C@@H](C(=O)NCC(C)C)N(Cc1ccc(F)cc1)C(=O)CN(c1ccc(OC)c(OC)c1)S(=O)(=O)c1ccc(C)cc1. The summed E-state index contributed by atoms with van der Waals surface area (Å²) in [5.74, 6) is -0.558. The molecule has 3 aromatic carbocycles. The minimum Gasteiger partial charge on any atom is -0.493 e. The number of rotatable bonds is 14. The van der Waals surface area contributed by atoms with Crippen LogP contribution in [0.5, 0.6) is 11.5 Å². The molecular weight excluding hydrogens is 573 g/mol. The van der Waals surface area contributed by atoms with Gasteiger partial charge in [0, 0.05) is 19.2 Å². The van der Waals surface area contributed by atoms with E-state index in [1.165, 1.54) is 67.7 Å². The molecule has 0 aliphatic heterocycles. The summed E-state index contributed by atoms with van der Waals surface area (Å²) in [5.41, 5.74) is 1.63. The van der Waals surface area contributed by atoms with E-state index < -0.39 is 34.3 Å². The van der Waals surface area contributed by atoms with E-state index >= 15 is 0 Å². The van der Waals surface area contributed by atoms with Crippen LogP contribution in [0.15, 0.2) is 71.6 Å². The second-order valence-corrected chi connectivity index (χ2v) is 12.4. The lowest BCUT2D eigenvalue weighted by Gasteiger charge is -2.33. The zero-order chi connectivity index (χ0) is 31.7. The molecule has 0 heterocycles. The maximum atomic E-state index is 14.2. The van der Waals surface area contributed by atoms with Gasteiger partial charge in [-0.2, -0.15) is 0 Å². The third kappa shape index (κ3) is 8.47. The normalized spacial score (nSPS) is 12.0. The van der Waals surface area contributed by atoms with Crippen LogP contribution in [0.1, 0.15) is 38.3 Å². The van der Waals surface area contributed by atoms with Gasteiger partial charge >= 0.3 is 0 Å². The molecule has 3 rings (SSSR count). The minimum absolute atomic E-state index is 0.00696. The molecular formula is C32H40FN3O6S. The number of aryl methyl sites for hydroxylation is 1. The van der Waals surface area contributed by atoms with Crippen LogP contribution in [0.2, 0.25) is 0 Å². The van der Waals surface area contributed by atoms with Crippen molar-refractivity contribution in [3.8, 4) is 11.5 Å². The number of nitrogens with one attached hydrogen (secondary N) is 1. The Kier molecular flexibility index (Phi) is 11.5. The highest BCUT2D eigenvalue weighted by Crippen LogP contribution is 2.34. The lowest BCUT2D eigenvalue weighted by Crippen LogP contribution is -2.52. The molecule has 0 aliphatic carbocycles. The maximum Gasteiger partial charge on any atom is 0.264 e. The minimum atomic E-state index is -4.26. The van der Waals surface area contributed by atoms with Crippen molar-refractivity contribution in [2.75, 3.05) is 31.6 Å². The molecule has 0 spiro atoms. The Morgan fingerprint density at radius 1 is 0.930 bits per heavy atom. The van der Waals surface area contributed by atoms with E-state index in [4.69, 9.17) is 9.47 Å². The Morgan fingerprint density at radius 3 is 2.12 bits per heavy atom. The van der Waals surface area contributed by atoms with E-state index in [-0.39, 0.29) is 41.1 Å². The molecule has 11 heteroatoms. The van der Waals surface area contributed by atoms with Gasteiger partial charge in [0.25, 0.3) is 10.0 Å². The summed E-state index contributed by atoms with van der Waals surface area (Å²) in [7, 11) is -1.37. The van der Waals surface area contributed by atoms with Crippen LogP contribution in [-0.4, -0.2) is 58.5 Å².